The summed E-state index contributed by atoms with van der Waals surface area (Å²) in [6.45, 7) is 4.29. The van der Waals surface area contributed by atoms with Gasteiger partial charge in [0, 0.05) is 32.3 Å². The van der Waals surface area contributed by atoms with Crippen LogP contribution in [0.3, 0.4) is 0 Å². The van der Waals surface area contributed by atoms with Crippen molar-refractivity contribution in [2.45, 2.75) is 6.54 Å². The van der Waals surface area contributed by atoms with Crippen LogP contribution in [0.25, 0.3) is 11.3 Å². The molecule has 0 aliphatic heterocycles. The molecule has 0 atom stereocenters. The van der Waals surface area contributed by atoms with Crippen molar-refractivity contribution in [1.82, 2.24) is 10.2 Å². The minimum absolute atomic E-state index is 0.705. The summed E-state index contributed by atoms with van der Waals surface area (Å²) in [5.41, 5.74) is 0.926. The minimum Gasteiger partial charge on any atom is -0.460 e. The van der Waals surface area contributed by atoms with Crippen LogP contribution in [0.1, 0.15) is 5.76 Å². The van der Waals surface area contributed by atoms with Crippen LogP contribution in [0.4, 0.5) is 0 Å². The highest BCUT2D eigenvalue weighted by molar-refractivity contribution is 6.33. The molecule has 22 heavy (non-hydrogen) atoms. The highest BCUT2D eigenvalue weighted by atomic mass is 35.5. The second-order valence-electron chi connectivity index (χ2n) is 5.22. The van der Waals surface area contributed by atoms with E-state index in [0.29, 0.717) is 11.6 Å². The van der Waals surface area contributed by atoms with Crippen LogP contribution < -0.4 is 5.32 Å². The Bertz CT molecular complexity index is 571. The van der Waals surface area contributed by atoms with E-state index in [-0.39, 0.29) is 0 Å². The predicted molar refractivity (Wildman–Crippen MR) is 90.2 cm³/mol. The Hall–Kier alpha value is -1.33. The number of halogens is 1. The summed E-state index contributed by atoms with van der Waals surface area (Å²) in [6, 6.07) is 11.6. The molecule has 2 aromatic rings. The fourth-order valence-electron chi connectivity index (χ4n) is 2.12. The Morgan fingerprint density at radius 3 is 2.77 bits per heavy atom. The molecule has 0 aliphatic carbocycles. The largest absolute Gasteiger partial charge is 0.460 e. The maximum absolute atomic E-state index is 6.18. The maximum Gasteiger partial charge on any atom is 0.135 e. The molecule has 0 aliphatic rings. The van der Waals surface area contributed by atoms with Crippen LogP contribution in [0.15, 0.2) is 40.8 Å². The zero-order chi connectivity index (χ0) is 15.8. The molecule has 0 unspecified atom stereocenters. The molecule has 1 N–H and O–H groups in total. The third kappa shape index (κ3) is 5.14. The Labute approximate surface area is 137 Å². The van der Waals surface area contributed by atoms with Crippen molar-refractivity contribution in [3.8, 4) is 11.3 Å². The lowest BCUT2D eigenvalue weighted by atomic mass is 10.2. The molecule has 0 radical (unpaired) electrons. The number of nitrogens with zero attached hydrogens (tertiary/aromatic N) is 1. The van der Waals surface area contributed by atoms with Crippen LogP contribution in [0.5, 0.6) is 0 Å². The first-order valence-corrected chi connectivity index (χ1v) is 7.80. The minimum atomic E-state index is 0.705. The van der Waals surface area contributed by atoms with E-state index >= 15 is 0 Å². The summed E-state index contributed by atoms with van der Waals surface area (Å²) < 4.78 is 10.9. The van der Waals surface area contributed by atoms with E-state index in [9.17, 15) is 0 Å². The molecule has 0 spiro atoms. The van der Waals surface area contributed by atoms with Gasteiger partial charge in [-0.2, -0.15) is 0 Å². The SMILES string of the molecule is COCCN(C)CCNCc1ccc(-c2ccccc2Cl)o1. The fraction of sp³-hybridized carbons (Fsp3) is 0.412. The van der Waals surface area contributed by atoms with Gasteiger partial charge in [-0.05, 0) is 31.3 Å². The number of hydrogen-bond donors (Lipinski definition) is 1. The van der Waals surface area contributed by atoms with E-state index in [0.717, 1.165) is 43.3 Å². The van der Waals surface area contributed by atoms with Crippen molar-refractivity contribution < 1.29 is 9.15 Å². The average molecular weight is 323 g/mol. The summed E-state index contributed by atoms with van der Waals surface area (Å²) in [5, 5.41) is 4.08. The normalized spacial score (nSPS) is 11.3. The van der Waals surface area contributed by atoms with Gasteiger partial charge in [0.05, 0.1) is 18.2 Å². The van der Waals surface area contributed by atoms with E-state index in [1.54, 1.807) is 7.11 Å². The molecule has 120 valence electrons. The summed E-state index contributed by atoms with van der Waals surface area (Å²) in [5.74, 6) is 1.72. The molecule has 0 saturated carbocycles. The van der Waals surface area contributed by atoms with Crippen LogP contribution in [0, 0.1) is 0 Å². The Kier molecular flexibility index (Phi) is 6.93. The van der Waals surface area contributed by atoms with Gasteiger partial charge in [-0.25, -0.2) is 0 Å². The highest BCUT2D eigenvalue weighted by Crippen LogP contribution is 2.28. The van der Waals surface area contributed by atoms with Crippen LogP contribution in [-0.2, 0) is 11.3 Å². The van der Waals surface area contributed by atoms with Gasteiger partial charge in [0.15, 0.2) is 0 Å². The molecule has 1 aromatic carbocycles. The molecule has 0 bridgehead atoms. The Morgan fingerprint density at radius 2 is 2.00 bits per heavy atom. The van der Waals surface area contributed by atoms with Crippen LogP contribution in [0.2, 0.25) is 5.02 Å². The molecule has 4 nitrogen and oxygen atoms in total. The zero-order valence-electron chi connectivity index (χ0n) is 13.1. The second kappa shape index (κ2) is 8.96. The third-order valence-corrected chi connectivity index (χ3v) is 3.78. The number of hydrogen-bond acceptors (Lipinski definition) is 4. The van der Waals surface area contributed by atoms with Crippen molar-refractivity contribution in [3.63, 3.8) is 0 Å². The van der Waals surface area contributed by atoms with Crippen molar-refractivity contribution in [2.75, 3.05) is 40.4 Å². The number of methoxy groups -OCH3 is 1. The molecular formula is C17H23ClN2O2. The molecule has 0 amide bonds. The first kappa shape index (κ1) is 17.0. The van der Waals surface area contributed by atoms with Crippen molar-refractivity contribution in [2.24, 2.45) is 0 Å². The summed E-state index contributed by atoms with van der Waals surface area (Å²) in [7, 11) is 3.81. The molecule has 1 aromatic heterocycles. The van der Waals surface area contributed by atoms with Gasteiger partial charge in [-0.15, -0.1) is 0 Å². The van der Waals surface area contributed by atoms with Crippen LogP contribution >= 0.6 is 11.6 Å². The van der Waals surface area contributed by atoms with E-state index in [2.05, 4.69) is 17.3 Å². The van der Waals surface area contributed by atoms with Gasteiger partial charge in [0.1, 0.15) is 11.5 Å². The summed E-state index contributed by atoms with van der Waals surface area (Å²) in [4.78, 5) is 2.23. The lowest BCUT2D eigenvalue weighted by Gasteiger charge is -2.15. The lowest BCUT2D eigenvalue weighted by molar-refractivity contribution is 0.161. The lowest BCUT2D eigenvalue weighted by Crippen LogP contribution is -2.31. The topological polar surface area (TPSA) is 37.6 Å². The monoisotopic (exact) mass is 322 g/mol. The van der Waals surface area contributed by atoms with Crippen molar-refractivity contribution in [3.05, 3.63) is 47.2 Å². The molecule has 0 saturated heterocycles. The third-order valence-electron chi connectivity index (χ3n) is 3.45. The number of rotatable bonds is 9. The van der Waals surface area contributed by atoms with E-state index in [4.69, 9.17) is 20.8 Å². The van der Waals surface area contributed by atoms with Gasteiger partial charge in [0.2, 0.25) is 0 Å². The van der Waals surface area contributed by atoms with Gasteiger partial charge >= 0.3 is 0 Å². The van der Waals surface area contributed by atoms with Gasteiger partial charge < -0.3 is 19.4 Å². The van der Waals surface area contributed by atoms with E-state index in [1.165, 1.54) is 0 Å². The molecule has 0 fully saturated rings. The van der Waals surface area contributed by atoms with Gasteiger partial charge in [0.25, 0.3) is 0 Å². The number of furan rings is 1. The number of benzene rings is 1. The summed E-state index contributed by atoms with van der Waals surface area (Å²) >= 11 is 6.18. The van der Waals surface area contributed by atoms with Crippen LogP contribution in [-0.4, -0.2) is 45.3 Å². The number of nitrogens with one attached hydrogen (secondary N) is 1. The van der Waals surface area contributed by atoms with E-state index < -0.39 is 0 Å². The Morgan fingerprint density at radius 1 is 1.18 bits per heavy atom. The summed E-state index contributed by atoms with van der Waals surface area (Å²) in [6.07, 6.45) is 0. The van der Waals surface area contributed by atoms with E-state index in [1.807, 2.05) is 36.4 Å². The fourth-order valence-corrected chi connectivity index (χ4v) is 2.35. The highest BCUT2D eigenvalue weighted by Gasteiger charge is 2.07. The van der Waals surface area contributed by atoms with Crippen molar-refractivity contribution >= 4 is 11.6 Å². The smallest absolute Gasteiger partial charge is 0.135 e. The maximum atomic E-state index is 6.18. The van der Waals surface area contributed by atoms with Gasteiger partial charge in [-0.3, -0.25) is 0 Å². The average Bonchev–Trinajstić information content (AvgIpc) is 2.98. The molecular weight excluding hydrogens is 300 g/mol. The molecule has 5 heteroatoms. The first-order valence-electron chi connectivity index (χ1n) is 7.42. The quantitative estimate of drug-likeness (QED) is 0.719. The number of likely N-dealkylation sites (N-methyl/N-ethyl adjacent to an activating group) is 1. The zero-order valence-corrected chi connectivity index (χ0v) is 13.9. The second-order valence-corrected chi connectivity index (χ2v) is 5.63. The Balaban J connectivity index is 1.77. The molecule has 2 rings (SSSR count). The molecule has 1 heterocycles. The van der Waals surface area contributed by atoms with Crippen molar-refractivity contribution in [1.29, 1.82) is 0 Å². The number of ether oxygens (including phenoxy) is 1. The van der Waals surface area contributed by atoms with Gasteiger partial charge in [-0.1, -0.05) is 23.7 Å². The standard InChI is InChI=1S/C17H23ClN2O2/c1-20(11-12-21-2)10-9-19-13-14-7-8-17(22-14)15-5-3-4-6-16(15)18/h3-8,19H,9-13H2,1-2H3. The first-order chi connectivity index (χ1) is 10.7. The predicted octanol–water partition coefficient (Wildman–Crippen LogP) is 3.27.